The van der Waals surface area contributed by atoms with Gasteiger partial charge in [0.05, 0.1) is 23.9 Å². The van der Waals surface area contributed by atoms with Gasteiger partial charge in [0.15, 0.2) is 0 Å². The van der Waals surface area contributed by atoms with Crippen LogP contribution in [0.2, 0.25) is 0 Å². The number of rotatable bonds is 4. The van der Waals surface area contributed by atoms with Crippen molar-refractivity contribution in [2.24, 2.45) is 5.92 Å². The summed E-state index contributed by atoms with van der Waals surface area (Å²) in [5.41, 5.74) is 4.51. The van der Waals surface area contributed by atoms with Gasteiger partial charge in [-0.25, -0.2) is 4.98 Å². The Kier molecular flexibility index (Phi) is 4.60. The van der Waals surface area contributed by atoms with Crippen LogP contribution in [-0.2, 0) is 24.2 Å². The molecule has 2 aromatic heterocycles. The molecule has 3 aromatic rings. The first-order chi connectivity index (χ1) is 13.5. The van der Waals surface area contributed by atoms with Crippen LogP contribution in [0.4, 0.5) is 4.39 Å². The zero-order valence-corrected chi connectivity index (χ0v) is 15.9. The van der Waals surface area contributed by atoms with E-state index in [0.717, 1.165) is 28.6 Å². The number of hydrogen-bond acceptors (Lipinski definition) is 3. The molecular formula is C22H21FN4O. The molecule has 0 bridgehead atoms. The molecule has 0 saturated heterocycles. The van der Waals surface area contributed by atoms with Gasteiger partial charge in [0, 0.05) is 35.0 Å². The number of amides is 1. The molecule has 2 heterocycles. The third kappa shape index (κ3) is 3.24. The van der Waals surface area contributed by atoms with Crippen LogP contribution >= 0.6 is 0 Å². The van der Waals surface area contributed by atoms with Gasteiger partial charge in [0.1, 0.15) is 0 Å². The molecule has 0 saturated carbocycles. The van der Waals surface area contributed by atoms with Crippen molar-refractivity contribution >= 4 is 16.8 Å². The lowest BCUT2D eigenvalue weighted by Crippen LogP contribution is -2.38. The summed E-state index contributed by atoms with van der Waals surface area (Å²) in [5.74, 6) is -0.532. The molecule has 0 radical (unpaired) electrons. The molecule has 4 rings (SSSR count). The van der Waals surface area contributed by atoms with E-state index >= 15 is 0 Å². The number of carbonyl (C=O) groups excluding carboxylic acids is 1. The van der Waals surface area contributed by atoms with E-state index in [9.17, 15) is 14.4 Å². The second-order valence-electron chi connectivity index (χ2n) is 7.58. The number of nitriles is 1. The number of carbonyl (C=O) groups is 1. The fourth-order valence-electron chi connectivity index (χ4n) is 3.91. The first kappa shape index (κ1) is 18.2. The van der Waals surface area contributed by atoms with Gasteiger partial charge < -0.3 is 9.88 Å². The van der Waals surface area contributed by atoms with E-state index in [2.05, 4.69) is 20.9 Å². The highest BCUT2D eigenvalue weighted by Crippen LogP contribution is 2.34. The smallest absolute Gasteiger partial charge is 0.222 e. The molecule has 142 valence electrons. The Labute approximate surface area is 162 Å². The molecule has 5 nitrogen and oxygen atoms in total. The summed E-state index contributed by atoms with van der Waals surface area (Å²) in [5, 5.41) is 13.4. The molecule has 0 aliphatic heterocycles. The molecule has 0 unspecified atom stereocenters. The molecule has 1 amide bonds. The fourth-order valence-corrected chi connectivity index (χ4v) is 3.91. The van der Waals surface area contributed by atoms with E-state index in [1.165, 1.54) is 6.07 Å². The maximum absolute atomic E-state index is 13.6. The van der Waals surface area contributed by atoms with Gasteiger partial charge in [-0.15, -0.1) is 0 Å². The van der Waals surface area contributed by atoms with E-state index in [4.69, 9.17) is 0 Å². The van der Waals surface area contributed by atoms with Crippen molar-refractivity contribution in [3.8, 4) is 6.07 Å². The van der Waals surface area contributed by atoms with Crippen molar-refractivity contribution < 1.29 is 9.18 Å². The normalized spacial score (nSPS) is 15.6. The van der Waals surface area contributed by atoms with Crippen molar-refractivity contribution in [1.29, 1.82) is 5.26 Å². The molecule has 1 N–H and O–H groups in total. The predicted molar refractivity (Wildman–Crippen MR) is 104 cm³/mol. The van der Waals surface area contributed by atoms with Gasteiger partial charge >= 0.3 is 0 Å². The number of nitrogens with one attached hydrogen (secondary N) is 1. The molecule has 1 aliphatic rings. The third-order valence-corrected chi connectivity index (χ3v) is 5.27. The maximum Gasteiger partial charge on any atom is 0.222 e. The van der Waals surface area contributed by atoms with Gasteiger partial charge in [-0.1, -0.05) is 19.9 Å². The Morgan fingerprint density at radius 2 is 2.18 bits per heavy atom. The first-order valence-corrected chi connectivity index (χ1v) is 9.42. The summed E-state index contributed by atoms with van der Waals surface area (Å²) < 4.78 is 15.7. The lowest BCUT2D eigenvalue weighted by molar-refractivity contribution is -0.124. The van der Waals surface area contributed by atoms with Crippen LogP contribution < -0.4 is 5.32 Å². The Bertz CT molecular complexity index is 1110. The van der Waals surface area contributed by atoms with Crippen molar-refractivity contribution in [2.45, 2.75) is 39.3 Å². The molecule has 1 atom stereocenters. The average Bonchev–Trinajstić information content (AvgIpc) is 3.19. The maximum atomic E-state index is 13.6. The van der Waals surface area contributed by atoms with Crippen LogP contribution in [0.5, 0.6) is 0 Å². The highest BCUT2D eigenvalue weighted by atomic mass is 19.1. The Hall–Kier alpha value is -3.20. The highest BCUT2D eigenvalue weighted by molar-refractivity contribution is 5.88. The van der Waals surface area contributed by atoms with Crippen LogP contribution in [0, 0.1) is 23.2 Å². The lowest BCUT2D eigenvalue weighted by atomic mass is 10.1. The Balaban J connectivity index is 1.76. The summed E-state index contributed by atoms with van der Waals surface area (Å²) in [6, 6.07) is 12.6. The quantitative estimate of drug-likeness (QED) is 0.710. The number of halogens is 1. The van der Waals surface area contributed by atoms with Gasteiger partial charge in [-0.05, 0) is 42.3 Å². The monoisotopic (exact) mass is 376 g/mol. The van der Waals surface area contributed by atoms with Gasteiger partial charge in [0.2, 0.25) is 11.9 Å². The summed E-state index contributed by atoms with van der Waals surface area (Å²) >= 11 is 0. The molecular weight excluding hydrogens is 355 g/mol. The molecule has 1 aliphatic carbocycles. The van der Waals surface area contributed by atoms with Gasteiger partial charge in [-0.2, -0.15) is 9.65 Å². The Morgan fingerprint density at radius 1 is 1.36 bits per heavy atom. The molecule has 6 heteroatoms. The largest absolute Gasteiger partial charge is 0.352 e. The predicted octanol–water partition coefficient (Wildman–Crippen LogP) is 3.33. The van der Waals surface area contributed by atoms with Crippen LogP contribution in [0.25, 0.3) is 10.9 Å². The molecule has 28 heavy (non-hydrogen) atoms. The zero-order chi connectivity index (χ0) is 19.8. The van der Waals surface area contributed by atoms with E-state index < -0.39 is 5.95 Å². The number of benzene rings is 1. The minimum absolute atomic E-state index is 0.0294. The number of aromatic nitrogens is 2. The van der Waals surface area contributed by atoms with Crippen LogP contribution in [-0.4, -0.2) is 21.5 Å². The SMILES string of the molecule is CC(C)C(=O)N[C@H]1Cc2c(n(Cc3cccc(F)n3)c3ccc(C#N)cc23)C1. The van der Waals surface area contributed by atoms with Gasteiger partial charge in [-0.3, -0.25) is 4.79 Å². The number of fused-ring (bicyclic) bond motifs is 3. The summed E-state index contributed by atoms with van der Waals surface area (Å²) in [7, 11) is 0. The lowest BCUT2D eigenvalue weighted by Gasteiger charge is -2.16. The van der Waals surface area contributed by atoms with Crippen molar-refractivity contribution in [3.63, 3.8) is 0 Å². The second kappa shape index (κ2) is 7.08. The number of hydrogen-bond donors (Lipinski definition) is 1. The number of nitrogens with zero attached hydrogens (tertiary/aromatic N) is 3. The standard InChI is InChI=1S/C22H21FN4O/c1-13(2)22(28)26-16-9-18-17-8-14(11-24)6-7-19(17)27(20(18)10-16)12-15-4-3-5-21(23)25-15/h3-8,13,16H,9-10,12H2,1-2H3,(H,26,28)/t16-/m0/s1. The van der Waals surface area contributed by atoms with Crippen molar-refractivity contribution in [3.05, 3.63) is 64.9 Å². The minimum atomic E-state index is -0.501. The average molecular weight is 376 g/mol. The summed E-state index contributed by atoms with van der Waals surface area (Å²) in [4.78, 5) is 16.1. The first-order valence-electron chi connectivity index (χ1n) is 9.42. The fraction of sp³-hybridized carbons (Fsp3) is 0.318. The summed E-state index contributed by atoms with van der Waals surface area (Å²) in [6.07, 6.45) is 1.43. The van der Waals surface area contributed by atoms with E-state index in [-0.39, 0.29) is 17.9 Å². The number of pyridine rings is 1. The Morgan fingerprint density at radius 3 is 2.89 bits per heavy atom. The summed E-state index contributed by atoms with van der Waals surface area (Å²) in [6.45, 7) is 4.20. The van der Waals surface area contributed by atoms with Crippen molar-refractivity contribution in [1.82, 2.24) is 14.9 Å². The third-order valence-electron chi connectivity index (χ3n) is 5.27. The van der Waals surface area contributed by atoms with E-state index in [0.29, 0.717) is 24.2 Å². The van der Waals surface area contributed by atoms with E-state index in [1.54, 1.807) is 18.2 Å². The highest BCUT2D eigenvalue weighted by Gasteiger charge is 2.30. The van der Waals surface area contributed by atoms with Crippen LogP contribution in [0.1, 0.15) is 36.4 Å². The van der Waals surface area contributed by atoms with Gasteiger partial charge in [0.25, 0.3) is 0 Å². The second-order valence-corrected chi connectivity index (χ2v) is 7.58. The van der Waals surface area contributed by atoms with Crippen LogP contribution in [0.3, 0.4) is 0 Å². The van der Waals surface area contributed by atoms with E-state index in [1.807, 2.05) is 26.0 Å². The topological polar surface area (TPSA) is 70.7 Å². The molecule has 1 aromatic carbocycles. The van der Waals surface area contributed by atoms with Crippen molar-refractivity contribution in [2.75, 3.05) is 0 Å². The molecule has 0 fully saturated rings. The zero-order valence-electron chi connectivity index (χ0n) is 15.9. The minimum Gasteiger partial charge on any atom is -0.352 e. The van der Waals surface area contributed by atoms with Crippen LogP contribution in [0.15, 0.2) is 36.4 Å². The molecule has 0 spiro atoms.